The molecule has 0 bridgehead atoms. The maximum Gasteiger partial charge on any atom is 0.337 e. The maximum atomic E-state index is 12.2. The standard InChI is InChI=1S/C22H24N2O5/c1-13-5-7-15(8-6-13)12-29-17-10-9-16(11-18(17)27-3)20-19(21(25)28-4)14(2)23-22(26)24-20/h5-11,20H,12H2,1-4H3,(H2,23,24,26)/t20-/m0/s1. The van der Waals surface area contributed by atoms with Gasteiger partial charge in [-0.1, -0.05) is 35.9 Å². The van der Waals surface area contributed by atoms with E-state index in [0.29, 0.717) is 34.9 Å². The van der Waals surface area contributed by atoms with Crippen LogP contribution in [0.15, 0.2) is 53.7 Å². The van der Waals surface area contributed by atoms with Crippen molar-refractivity contribution in [1.82, 2.24) is 10.6 Å². The minimum Gasteiger partial charge on any atom is -0.493 e. The monoisotopic (exact) mass is 396 g/mol. The molecule has 0 spiro atoms. The largest absolute Gasteiger partial charge is 0.493 e. The molecule has 0 saturated heterocycles. The van der Waals surface area contributed by atoms with E-state index in [2.05, 4.69) is 10.6 Å². The molecule has 2 N–H and O–H groups in total. The van der Waals surface area contributed by atoms with Gasteiger partial charge in [-0.3, -0.25) is 0 Å². The van der Waals surface area contributed by atoms with Gasteiger partial charge in [0.25, 0.3) is 0 Å². The number of benzene rings is 2. The second-order valence-electron chi connectivity index (χ2n) is 6.75. The molecule has 1 heterocycles. The zero-order valence-electron chi connectivity index (χ0n) is 16.9. The highest BCUT2D eigenvalue weighted by Crippen LogP contribution is 2.34. The highest BCUT2D eigenvalue weighted by molar-refractivity contribution is 5.95. The topological polar surface area (TPSA) is 85.9 Å². The van der Waals surface area contributed by atoms with E-state index in [1.165, 1.54) is 12.7 Å². The Hall–Kier alpha value is -3.48. The first kappa shape index (κ1) is 20.3. The summed E-state index contributed by atoms with van der Waals surface area (Å²) in [6.07, 6.45) is 0. The molecule has 0 unspecified atom stereocenters. The van der Waals surface area contributed by atoms with Crippen LogP contribution in [0.1, 0.15) is 29.7 Å². The summed E-state index contributed by atoms with van der Waals surface area (Å²) in [6.45, 7) is 4.09. The van der Waals surface area contributed by atoms with Crippen LogP contribution in [0.4, 0.5) is 4.79 Å². The van der Waals surface area contributed by atoms with Crippen molar-refractivity contribution in [3.8, 4) is 11.5 Å². The molecule has 0 aliphatic carbocycles. The van der Waals surface area contributed by atoms with Gasteiger partial charge in [-0.25, -0.2) is 9.59 Å². The highest BCUT2D eigenvalue weighted by atomic mass is 16.5. The third-order valence-corrected chi connectivity index (χ3v) is 4.71. The number of urea groups is 1. The molecule has 0 aromatic heterocycles. The van der Waals surface area contributed by atoms with Crippen LogP contribution in [-0.4, -0.2) is 26.2 Å². The molecule has 7 nitrogen and oxygen atoms in total. The molecule has 1 atom stereocenters. The molecule has 0 radical (unpaired) electrons. The molecule has 3 rings (SSSR count). The van der Waals surface area contributed by atoms with Gasteiger partial charge in [-0.15, -0.1) is 0 Å². The summed E-state index contributed by atoms with van der Waals surface area (Å²) in [5, 5.41) is 5.36. The van der Waals surface area contributed by atoms with Crippen LogP contribution >= 0.6 is 0 Å². The fraction of sp³-hybridized carbons (Fsp3) is 0.273. The fourth-order valence-electron chi connectivity index (χ4n) is 3.15. The van der Waals surface area contributed by atoms with Crippen LogP contribution in [0.3, 0.4) is 0 Å². The van der Waals surface area contributed by atoms with Gasteiger partial charge >= 0.3 is 12.0 Å². The average Bonchev–Trinajstić information content (AvgIpc) is 2.72. The lowest BCUT2D eigenvalue weighted by Crippen LogP contribution is -2.45. The molecule has 152 valence electrons. The van der Waals surface area contributed by atoms with Gasteiger partial charge < -0.3 is 24.8 Å². The second-order valence-corrected chi connectivity index (χ2v) is 6.75. The van der Waals surface area contributed by atoms with Gasteiger partial charge in [-0.2, -0.15) is 0 Å². The fourth-order valence-corrected chi connectivity index (χ4v) is 3.15. The van der Waals surface area contributed by atoms with Crippen LogP contribution in [0, 0.1) is 6.92 Å². The first-order chi connectivity index (χ1) is 13.9. The molecule has 0 fully saturated rings. The summed E-state index contributed by atoms with van der Waals surface area (Å²) in [4.78, 5) is 24.2. The van der Waals surface area contributed by atoms with E-state index in [1.807, 2.05) is 31.2 Å². The summed E-state index contributed by atoms with van der Waals surface area (Å²) < 4.78 is 16.3. The Labute approximate surface area is 169 Å². The van der Waals surface area contributed by atoms with Crippen molar-refractivity contribution < 1.29 is 23.8 Å². The molecular weight excluding hydrogens is 372 g/mol. The van der Waals surface area contributed by atoms with Gasteiger partial charge in [0.2, 0.25) is 0 Å². The lowest BCUT2D eigenvalue weighted by molar-refractivity contribution is -0.136. The van der Waals surface area contributed by atoms with Crippen molar-refractivity contribution in [1.29, 1.82) is 0 Å². The second kappa shape index (κ2) is 8.68. The molecule has 2 amide bonds. The number of amides is 2. The Morgan fingerprint density at radius 3 is 2.41 bits per heavy atom. The maximum absolute atomic E-state index is 12.2. The lowest BCUT2D eigenvalue weighted by atomic mass is 9.95. The number of ether oxygens (including phenoxy) is 3. The van der Waals surface area contributed by atoms with Crippen LogP contribution in [0.2, 0.25) is 0 Å². The summed E-state index contributed by atoms with van der Waals surface area (Å²) in [5.41, 5.74) is 3.69. The third kappa shape index (κ3) is 4.51. The van der Waals surface area contributed by atoms with Crippen LogP contribution in [0.25, 0.3) is 0 Å². The van der Waals surface area contributed by atoms with Gasteiger partial charge in [0, 0.05) is 5.70 Å². The van der Waals surface area contributed by atoms with Crippen molar-refractivity contribution in [2.24, 2.45) is 0 Å². The predicted octanol–water partition coefficient (Wildman–Crippen LogP) is 3.38. The van der Waals surface area contributed by atoms with E-state index < -0.39 is 12.0 Å². The number of hydrogen-bond acceptors (Lipinski definition) is 5. The van der Waals surface area contributed by atoms with Crippen molar-refractivity contribution in [2.45, 2.75) is 26.5 Å². The molecule has 2 aromatic carbocycles. The number of methoxy groups -OCH3 is 2. The number of allylic oxidation sites excluding steroid dienone is 1. The zero-order valence-corrected chi connectivity index (χ0v) is 16.9. The van der Waals surface area contributed by atoms with Crippen molar-refractivity contribution in [3.63, 3.8) is 0 Å². The molecular formula is C22H24N2O5. The van der Waals surface area contributed by atoms with Crippen molar-refractivity contribution >= 4 is 12.0 Å². The molecule has 2 aromatic rings. The molecule has 1 aliphatic rings. The Morgan fingerprint density at radius 1 is 1.03 bits per heavy atom. The van der Waals surface area contributed by atoms with E-state index in [4.69, 9.17) is 14.2 Å². The normalized spacial score (nSPS) is 16.0. The Kier molecular flexibility index (Phi) is 6.07. The van der Waals surface area contributed by atoms with E-state index in [9.17, 15) is 9.59 Å². The molecule has 0 saturated carbocycles. The minimum atomic E-state index is -0.656. The Balaban J connectivity index is 1.87. The lowest BCUT2D eigenvalue weighted by Gasteiger charge is -2.28. The van der Waals surface area contributed by atoms with Gasteiger partial charge in [0.05, 0.1) is 25.8 Å². The van der Waals surface area contributed by atoms with Crippen LogP contribution in [-0.2, 0) is 16.1 Å². The van der Waals surface area contributed by atoms with Crippen LogP contribution in [0.5, 0.6) is 11.5 Å². The number of carbonyl (C=O) groups is 2. The molecule has 1 aliphatic heterocycles. The summed E-state index contributed by atoms with van der Waals surface area (Å²) in [6, 6.07) is 12.3. The Bertz CT molecular complexity index is 950. The summed E-state index contributed by atoms with van der Waals surface area (Å²) in [5.74, 6) is 0.556. The van der Waals surface area contributed by atoms with Crippen LogP contribution < -0.4 is 20.1 Å². The van der Waals surface area contributed by atoms with E-state index in [0.717, 1.165) is 5.56 Å². The van der Waals surface area contributed by atoms with Crippen molar-refractivity contribution in [2.75, 3.05) is 14.2 Å². The first-order valence-corrected chi connectivity index (χ1v) is 9.15. The van der Waals surface area contributed by atoms with E-state index in [-0.39, 0.29) is 6.03 Å². The third-order valence-electron chi connectivity index (χ3n) is 4.71. The smallest absolute Gasteiger partial charge is 0.337 e. The average molecular weight is 396 g/mol. The molecule has 29 heavy (non-hydrogen) atoms. The highest BCUT2D eigenvalue weighted by Gasteiger charge is 2.32. The Morgan fingerprint density at radius 2 is 1.76 bits per heavy atom. The minimum absolute atomic E-state index is 0.336. The number of carbonyl (C=O) groups excluding carboxylic acids is 2. The number of nitrogens with one attached hydrogen (secondary N) is 2. The van der Waals surface area contributed by atoms with E-state index >= 15 is 0 Å². The number of aryl methyl sites for hydroxylation is 1. The number of hydrogen-bond donors (Lipinski definition) is 2. The zero-order chi connectivity index (χ0) is 21.0. The van der Waals surface area contributed by atoms with Gasteiger partial charge in [-0.05, 0) is 37.1 Å². The van der Waals surface area contributed by atoms with Crippen molar-refractivity contribution in [3.05, 3.63) is 70.4 Å². The SMILES string of the molecule is COC(=O)C1=C(C)NC(=O)N[C@H]1c1ccc(OCc2ccc(C)cc2)c(OC)c1. The van der Waals surface area contributed by atoms with Gasteiger partial charge in [0.15, 0.2) is 11.5 Å². The quantitative estimate of drug-likeness (QED) is 0.731. The van der Waals surface area contributed by atoms with Gasteiger partial charge in [0.1, 0.15) is 6.61 Å². The first-order valence-electron chi connectivity index (χ1n) is 9.15. The van der Waals surface area contributed by atoms with E-state index in [1.54, 1.807) is 32.2 Å². The predicted molar refractivity (Wildman–Crippen MR) is 108 cm³/mol. The summed E-state index contributed by atoms with van der Waals surface area (Å²) >= 11 is 0. The summed E-state index contributed by atoms with van der Waals surface area (Å²) in [7, 11) is 2.85. The number of esters is 1. The molecule has 7 heteroatoms. The number of rotatable bonds is 6.